The SMILES string of the molecule is [NH3+]CCSSC[C@H]([NH3+])C(=O)SCC[NH3+]. The molecule has 0 aliphatic rings. The van der Waals surface area contributed by atoms with Crippen molar-refractivity contribution in [3.05, 3.63) is 0 Å². The van der Waals surface area contributed by atoms with Gasteiger partial charge < -0.3 is 17.2 Å². The Morgan fingerprint density at radius 2 is 1.79 bits per heavy atom. The summed E-state index contributed by atoms with van der Waals surface area (Å²) < 4.78 is 0. The first-order valence-corrected chi connectivity index (χ1v) is 8.02. The Kier molecular flexibility index (Phi) is 10.6. The third kappa shape index (κ3) is 7.95. The highest BCUT2D eigenvalue weighted by Crippen LogP contribution is 2.21. The zero-order valence-electron chi connectivity index (χ0n) is 8.37. The van der Waals surface area contributed by atoms with E-state index in [1.54, 1.807) is 21.6 Å². The predicted octanol–water partition coefficient (Wildman–Crippen LogP) is -2.28. The van der Waals surface area contributed by atoms with Gasteiger partial charge in [0.1, 0.15) is 0 Å². The summed E-state index contributed by atoms with van der Waals surface area (Å²) in [4.78, 5) is 11.4. The molecule has 0 saturated carbocycles. The van der Waals surface area contributed by atoms with Crippen molar-refractivity contribution in [3.8, 4) is 0 Å². The molecule has 1 atom stereocenters. The largest absolute Gasteiger partial charge is 0.357 e. The van der Waals surface area contributed by atoms with Crippen LogP contribution in [0.2, 0.25) is 0 Å². The molecule has 7 heteroatoms. The number of hydrogen-bond acceptors (Lipinski definition) is 4. The number of rotatable bonds is 8. The third-order valence-corrected chi connectivity index (χ3v) is 4.98. The van der Waals surface area contributed by atoms with E-state index in [1.165, 1.54) is 11.8 Å². The van der Waals surface area contributed by atoms with Gasteiger partial charge in [-0.05, 0) is 0 Å². The average Bonchev–Trinajstić information content (AvgIpc) is 2.20. The van der Waals surface area contributed by atoms with Gasteiger partial charge in [-0.2, -0.15) is 0 Å². The summed E-state index contributed by atoms with van der Waals surface area (Å²) in [6, 6.07) is -0.0890. The van der Waals surface area contributed by atoms with Crippen molar-refractivity contribution in [2.24, 2.45) is 0 Å². The maximum Gasteiger partial charge on any atom is 0.247 e. The van der Waals surface area contributed by atoms with E-state index >= 15 is 0 Å². The van der Waals surface area contributed by atoms with E-state index in [0.717, 1.165) is 30.3 Å². The Morgan fingerprint density at radius 3 is 2.36 bits per heavy atom. The lowest BCUT2D eigenvalue weighted by atomic mass is 10.4. The van der Waals surface area contributed by atoms with Crippen LogP contribution in [0.4, 0.5) is 0 Å². The van der Waals surface area contributed by atoms with Crippen molar-refractivity contribution in [1.29, 1.82) is 0 Å². The highest BCUT2D eigenvalue weighted by molar-refractivity contribution is 8.76. The maximum atomic E-state index is 11.4. The van der Waals surface area contributed by atoms with Gasteiger partial charge in [-0.15, -0.1) is 0 Å². The van der Waals surface area contributed by atoms with Crippen molar-refractivity contribution < 1.29 is 22.0 Å². The molecule has 9 N–H and O–H groups in total. The second kappa shape index (κ2) is 10.1. The first kappa shape index (κ1) is 14.6. The minimum absolute atomic E-state index is 0.0890. The molecule has 0 aliphatic carbocycles. The van der Waals surface area contributed by atoms with E-state index < -0.39 is 0 Å². The molecule has 4 nitrogen and oxygen atoms in total. The number of carbonyl (C=O) groups excluding carboxylic acids is 1. The summed E-state index contributed by atoms with van der Waals surface area (Å²) in [5.41, 5.74) is 11.3. The van der Waals surface area contributed by atoms with Gasteiger partial charge in [-0.3, -0.25) is 4.79 Å². The number of carbonyl (C=O) groups is 1. The van der Waals surface area contributed by atoms with E-state index in [2.05, 4.69) is 17.2 Å². The zero-order valence-corrected chi connectivity index (χ0v) is 10.8. The monoisotopic (exact) mass is 258 g/mol. The predicted molar refractivity (Wildman–Crippen MR) is 64.6 cm³/mol. The minimum atomic E-state index is -0.0890. The van der Waals surface area contributed by atoms with Gasteiger partial charge >= 0.3 is 0 Å². The minimum Gasteiger partial charge on any atom is -0.357 e. The van der Waals surface area contributed by atoms with E-state index in [9.17, 15) is 4.79 Å². The van der Waals surface area contributed by atoms with Gasteiger partial charge in [0.15, 0.2) is 6.04 Å². The highest BCUT2D eigenvalue weighted by atomic mass is 33.1. The molecule has 0 aromatic carbocycles. The fraction of sp³-hybridized carbons (Fsp3) is 0.857. The smallest absolute Gasteiger partial charge is 0.247 e. The summed E-state index contributed by atoms with van der Waals surface area (Å²) in [5, 5.41) is 0.191. The van der Waals surface area contributed by atoms with Crippen LogP contribution < -0.4 is 17.2 Å². The van der Waals surface area contributed by atoms with Crippen LogP contribution in [0.1, 0.15) is 0 Å². The molecular weight excluding hydrogens is 238 g/mol. The molecule has 0 bridgehead atoms. The Bertz CT molecular complexity index is 159. The molecule has 0 radical (unpaired) electrons. The van der Waals surface area contributed by atoms with Crippen LogP contribution in [0.15, 0.2) is 0 Å². The lowest BCUT2D eigenvalue weighted by molar-refractivity contribution is -0.393. The molecular formula is C7H20N3OS3+3. The highest BCUT2D eigenvalue weighted by Gasteiger charge is 2.17. The summed E-state index contributed by atoms with van der Waals surface area (Å²) in [6.07, 6.45) is 0. The molecule has 0 aliphatic heterocycles. The lowest BCUT2D eigenvalue weighted by Gasteiger charge is -2.04. The quantitative estimate of drug-likeness (QED) is 0.337. The van der Waals surface area contributed by atoms with E-state index in [4.69, 9.17) is 0 Å². The van der Waals surface area contributed by atoms with Crippen molar-refractivity contribution in [2.75, 3.05) is 30.3 Å². The zero-order chi connectivity index (χ0) is 10.8. The van der Waals surface area contributed by atoms with Crippen molar-refractivity contribution in [3.63, 3.8) is 0 Å². The second-order valence-corrected chi connectivity index (χ2v) is 6.40. The van der Waals surface area contributed by atoms with E-state index in [-0.39, 0.29) is 11.2 Å². The van der Waals surface area contributed by atoms with Gasteiger partial charge in [-0.1, -0.05) is 33.3 Å². The van der Waals surface area contributed by atoms with Gasteiger partial charge in [0.25, 0.3) is 0 Å². The molecule has 0 amide bonds. The summed E-state index contributed by atoms with van der Waals surface area (Å²) in [5.74, 6) is 2.65. The number of thioether (sulfide) groups is 1. The van der Waals surface area contributed by atoms with Crippen LogP contribution in [0, 0.1) is 0 Å². The number of quaternary nitrogens is 3. The van der Waals surface area contributed by atoms with Crippen LogP contribution in [0.3, 0.4) is 0 Å². The van der Waals surface area contributed by atoms with E-state index in [1.807, 2.05) is 0 Å². The fourth-order valence-electron chi connectivity index (χ4n) is 0.607. The fourth-order valence-corrected chi connectivity index (χ4v) is 3.51. The van der Waals surface area contributed by atoms with Gasteiger partial charge in [0, 0.05) is 0 Å². The third-order valence-electron chi connectivity index (χ3n) is 1.30. The molecule has 0 aromatic heterocycles. The molecule has 84 valence electrons. The van der Waals surface area contributed by atoms with Gasteiger partial charge in [0.05, 0.1) is 30.3 Å². The van der Waals surface area contributed by atoms with Crippen LogP contribution in [0.25, 0.3) is 0 Å². The van der Waals surface area contributed by atoms with Crippen molar-refractivity contribution in [2.45, 2.75) is 6.04 Å². The Morgan fingerprint density at radius 1 is 1.14 bits per heavy atom. The lowest BCUT2D eigenvalue weighted by Crippen LogP contribution is -2.65. The van der Waals surface area contributed by atoms with Crippen LogP contribution in [0.5, 0.6) is 0 Å². The molecule has 0 rings (SSSR count). The van der Waals surface area contributed by atoms with Crippen molar-refractivity contribution in [1.82, 2.24) is 0 Å². The molecule has 0 heterocycles. The van der Waals surface area contributed by atoms with Crippen LogP contribution >= 0.6 is 33.3 Å². The first-order chi connectivity index (χ1) is 6.72. The average molecular weight is 258 g/mol. The van der Waals surface area contributed by atoms with Crippen molar-refractivity contribution >= 4 is 38.5 Å². The molecule has 14 heavy (non-hydrogen) atoms. The molecule has 0 saturated heterocycles. The van der Waals surface area contributed by atoms with Gasteiger partial charge in [-0.25, -0.2) is 0 Å². The van der Waals surface area contributed by atoms with Crippen LogP contribution in [-0.2, 0) is 4.79 Å². The second-order valence-electron chi connectivity index (χ2n) is 2.68. The topological polar surface area (TPSA) is 100.0 Å². The Balaban J connectivity index is 3.42. The van der Waals surface area contributed by atoms with E-state index in [0.29, 0.717) is 0 Å². The Labute approximate surface area is 96.9 Å². The first-order valence-electron chi connectivity index (χ1n) is 4.55. The maximum absolute atomic E-state index is 11.4. The molecule has 0 spiro atoms. The summed E-state index contributed by atoms with van der Waals surface area (Å²) in [7, 11) is 3.48. The standard InChI is InChI=1S/C7H17N3OS3/c8-1-3-12-7(11)6(10)5-14-13-4-2-9/h6H,1-5,8-10H2/p+3/t6-/m0/s1. The molecule has 0 aromatic rings. The molecule has 0 fully saturated rings. The molecule has 0 unspecified atom stereocenters. The van der Waals surface area contributed by atoms with Gasteiger partial charge in [0.2, 0.25) is 5.12 Å². The Hall–Kier alpha value is 0.600. The summed E-state index contributed by atoms with van der Waals surface area (Å²) >= 11 is 1.35. The van der Waals surface area contributed by atoms with Crippen LogP contribution in [-0.4, -0.2) is 41.5 Å². The normalized spacial score (nSPS) is 12.8. The summed E-state index contributed by atoms with van der Waals surface area (Å²) in [6.45, 7) is 1.73. The number of hydrogen-bond donors (Lipinski definition) is 3.